The topological polar surface area (TPSA) is 89.0 Å². The number of carbonyl (C=O) groups is 2. The van der Waals surface area contributed by atoms with Crippen LogP contribution >= 0.6 is 0 Å². The summed E-state index contributed by atoms with van der Waals surface area (Å²) in [6.07, 6.45) is 0.750. The summed E-state index contributed by atoms with van der Waals surface area (Å²) in [5, 5.41) is 9.78. The number of oxime groups is 1. The van der Waals surface area contributed by atoms with Crippen LogP contribution in [0.3, 0.4) is 0 Å². The van der Waals surface area contributed by atoms with E-state index in [1.807, 2.05) is 48.5 Å². The molecule has 0 saturated heterocycles. The molecule has 3 atom stereocenters. The van der Waals surface area contributed by atoms with Gasteiger partial charge in [-0.1, -0.05) is 53.7 Å². The number of ether oxygens (including phenoxy) is 1. The van der Waals surface area contributed by atoms with Crippen molar-refractivity contribution in [2.75, 3.05) is 11.9 Å². The highest BCUT2D eigenvalue weighted by molar-refractivity contribution is 6.01. The van der Waals surface area contributed by atoms with Crippen molar-refractivity contribution in [1.82, 2.24) is 5.32 Å². The van der Waals surface area contributed by atoms with Gasteiger partial charge in [0, 0.05) is 18.0 Å². The van der Waals surface area contributed by atoms with Crippen LogP contribution in [0.15, 0.2) is 65.8 Å². The SMILES string of the molecule is CCOC(=O)[C@@]1(NC(=O)Nc2ccccc2)C[C@H]1[C@@H]1CC(c2ccccc2)=NO1. The van der Waals surface area contributed by atoms with E-state index in [1.54, 1.807) is 19.1 Å². The summed E-state index contributed by atoms with van der Waals surface area (Å²) in [6.45, 7) is 1.99. The standard InChI is InChI=1S/C22H23N3O4/c1-2-28-20(26)22(24-21(27)23-16-11-7-4-8-12-16)14-17(22)19-13-18(25-29-19)15-9-5-3-6-10-15/h3-12,17,19H,2,13-14H2,1H3,(H2,23,24,27)/t17-,19-,22+/m0/s1. The van der Waals surface area contributed by atoms with Crippen LogP contribution in [0.4, 0.5) is 10.5 Å². The molecule has 1 saturated carbocycles. The Bertz CT molecular complexity index is 916. The van der Waals surface area contributed by atoms with Crippen molar-refractivity contribution in [2.24, 2.45) is 11.1 Å². The Morgan fingerprint density at radius 3 is 2.52 bits per heavy atom. The van der Waals surface area contributed by atoms with Gasteiger partial charge in [-0.25, -0.2) is 9.59 Å². The van der Waals surface area contributed by atoms with E-state index in [2.05, 4.69) is 15.8 Å². The van der Waals surface area contributed by atoms with E-state index in [4.69, 9.17) is 9.57 Å². The lowest BCUT2D eigenvalue weighted by Crippen LogP contribution is -2.49. The van der Waals surface area contributed by atoms with Crippen LogP contribution in [0, 0.1) is 5.92 Å². The summed E-state index contributed by atoms with van der Waals surface area (Å²) in [7, 11) is 0. The van der Waals surface area contributed by atoms with Crippen LogP contribution in [0.2, 0.25) is 0 Å². The predicted octanol–water partition coefficient (Wildman–Crippen LogP) is 3.32. The molecular formula is C22H23N3O4. The first kappa shape index (κ1) is 19.0. The lowest BCUT2D eigenvalue weighted by atomic mass is 10.0. The maximum absolute atomic E-state index is 12.7. The Morgan fingerprint density at radius 1 is 1.14 bits per heavy atom. The lowest BCUT2D eigenvalue weighted by molar-refractivity contribution is -0.147. The third kappa shape index (κ3) is 3.94. The van der Waals surface area contributed by atoms with Gasteiger partial charge in [-0.3, -0.25) is 0 Å². The smallest absolute Gasteiger partial charge is 0.332 e. The third-order valence-corrected chi connectivity index (χ3v) is 5.27. The highest BCUT2D eigenvalue weighted by Gasteiger charge is 2.67. The molecule has 0 radical (unpaired) electrons. The number of amides is 2. The molecule has 0 bridgehead atoms. The first-order chi connectivity index (χ1) is 14.1. The Labute approximate surface area is 169 Å². The molecule has 2 N–H and O–H groups in total. The van der Waals surface area contributed by atoms with Crippen LogP contribution in [0.1, 0.15) is 25.3 Å². The predicted molar refractivity (Wildman–Crippen MR) is 109 cm³/mol. The van der Waals surface area contributed by atoms with Gasteiger partial charge in [0.2, 0.25) is 0 Å². The second-order valence-electron chi connectivity index (χ2n) is 7.20. The summed E-state index contributed by atoms with van der Waals surface area (Å²) in [5.74, 6) is -0.641. The first-order valence-corrected chi connectivity index (χ1v) is 9.72. The molecule has 1 fully saturated rings. The number of nitrogens with zero attached hydrogens (tertiary/aromatic N) is 1. The maximum Gasteiger partial charge on any atom is 0.332 e. The Kier molecular flexibility index (Phi) is 5.20. The van der Waals surface area contributed by atoms with E-state index in [-0.39, 0.29) is 18.6 Å². The number of anilines is 1. The molecule has 2 aromatic rings. The Hall–Kier alpha value is -3.35. The van der Waals surface area contributed by atoms with E-state index in [0.29, 0.717) is 18.5 Å². The molecule has 1 heterocycles. The molecule has 7 nitrogen and oxygen atoms in total. The van der Waals surface area contributed by atoms with Gasteiger partial charge in [0.1, 0.15) is 11.6 Å². The fourth-order valence-corrected chi connectivity index (χ4v) is 3.73. The molecule has 0 aromatic heterocycles. The molecule has 150 valence electrons. The zero-order valence-corrected chi connectivity index (χ0v) is 16.1. The number of nitrogens with one attached hydrogen (secondary N) is 2. The summed E-state index contributed by atoms with van der Waals surface area (Å²) in [5.41, 5.74) is 1.38. The summed E-state index contributed by atoms with van der Waals surface area (Å²) < 4.78 is 5.25. The van der Waals surface area contributed by atoms with Crippen molar-refractivity contribution in [3.05, 3.63) is 66.2 Å². The number of carbonyl (C=O) groups excluding carboxylic acids is 2. The van der Waals surface area contributed by atoms with Crippen molar-refractivity contribution in [3.8, 4) is 0 Å². The second-order valence-corrected chi connectivity index (χ2v) is 7.20. The van der Waals surface area contributed by atoms with E-state index in [9.17, 15) is 9.59 Å². The lowest BCUT2D eigenvalue weighted by Gasteiger charge is -2.20. The third-order valence-electron chi connectivity index (χ3n) is 5.27. The zero-order valence-electron chi connectivity index (χ0n) is 16.1. The monoisotopic (exact) mass is 393 g/mol. The molecule has 1 aliphatic heterocycles. The van der Waals surface area contributed by atoms with Crippen molar-refractivity contribution < 1.29 is 19.2 Å². The first-order valence-electron chi connectivity index (χ1n) is 9.72. The fourth-order valence-electron chi connectivity index (χ4n) is 3.73. The minimum absolute atomic E-state index is 0.201. The number of hydrogen-bond acceptors (Lipinski definition) is 5. The van der Waals surface area contributed by atoms with Gasteiger partial charge in [-0.15, -0.1) is 0 Å². The van der Waals surface area contributed by atoms with Crippen molar-refractivity contribution in [2.45, 2.75) is 31.4 Å². The average molecular weight is 393 g/mol. The van der Waals surface area contributed by atoms with Crippen LogP contribution < -0.4 is 10.6 Å². The van der Waals surface area contributed by atoms with E-state index in [0.717, 1.165) is 11.3 Å². The van der Waals surface area contributed by atoms with Crippen molar-refractivity contribution in [3.63, 3.8) is 0 Å². The number of benzene rings is 2. The van der Waals surface area contributed by atoms with Crippen LogP contribution in [0.5, 0.6) is 0 Å². The number of esters is 1. The van der Waals surface area contributed by atoms with Gasteiger partial charge in [-0.05, 0) is 31.0 Å². The summed E-state index contributed by atoms with van der Waals surface area (Å²) in [4.78, 5) is 30.8. The van der Waals surface area contributed by atoms with E-state index in [1.165, 1.54) is 0 Å². The molecule has 4 rings (SSSR count). The van der Waals surface area contributed by atoms with Crippen molar-refractivity contribution >= 4 is 23.4 Å². The highest BCUT2D eigenvalue weighted by Crippen LogP contribution is 2.50. The number of hydrogen-bond donors (Lipinski definition) is 2. The van der Waals surface area contributed by atoms with Gasteiger partial charge in [-0.2, -0.15) is 0 Å². The molecule has 2 amide bonds. The average Bonchev–Trinajstić information content (AvgIpc) is 3.25. The van der Waals surface area contributed by atoms with Crippen LogP contribution in [-0.4, -0.2) is 36.0 Å². The minimum Gasteiger partial charge on any atom is -0.464 e. The molecule has 1 aliphatic carbocycles. The van der Waals surface area contributed by atoms with Crippen LogP contribution in [-0.2, 0) is 14.4 Å². The van der Waals surface area contributed by atoms with E-state index < -0.39 is 17.5 Å². The fraction of sp³-hybridized carbons (Fsp3) is 0.318. The molecule has 7 heteroatoms. The molecular weight excluding hydrogens is 370 g/mol. The number of rotatable bonds is 6. The highest BCUT2D eigenvalue weighted by atomic mass is 16.6. The molecule has 2 aromatic carbocycles. The zero-order chi connectivity index (χ0) is 20.3. The summed E-state index contributed by atoms with van der Waals surface area (Å²) in [6, 6.07) is 18.4. The summed E-state index contributed by atoms with van der Waals surface area (Å²) >= 11 is 0. The molecule has 0 unspecified atom stereocenters. The Morgan fingerprint density at radius 2 is 1.83 bits per heavy atom. The van der Waals surface area contributed by atoms with Gasteiger partial charge in [0.15, 0.2) is 0 Å². The largest absolute Gasteiger partial charge is 0.464 e. The molecule has 29 heavy (non-hydrogen) atoms. The maximum atomic E-state index is 12.7. The normalized spacial score (nSPS) is 24.8. The molecule has 0 spiro atoms. The Balaban J connectivity index is 1.44. The number of urea groups is 1. The van der Waals surface area contributed by atoms with Gasteiger partial charge in [0.25, 0.3) is 0 Å². The van der Waals surface area contributed by atoms with Gasteiger partial charge >= 0.3 is 12.0 Å². The number of para-hydroxylation sites is 1. The van der Waals surface area contributed by atoms with Crippen molar-refractivity contribution in [1.29, 1.82) is 0 Å². The van der Waals surface area contributed by atoms with Gasteiger partial charge < -0.3 is 20.2 Å². The van der Waals surface area contributed by atoms with E-state index >= 15 is 0 Å². The second kappa shape index (κ2) is 7.95. The van der Waals surface area contributed by atoms with Crippen LogP contribution in [0.25, 0.3) is 0 Å². The minimum atomic E-state index is -1.10. The molecule has 2 aliphatic rings. The van der Waals surface area contributed by atoms with Gasteiger partial charge in [0.05, 0.1) is 12.3 Å². The quantitative estimate of drug-likeness (QED) is 0.737.